The maximum atomic E-state index is 13.6. The number of hydrogen-bond donors (Lipinski definition) is 2. The summed E-state index contributed by atoms with van der Waals surface area (Å²) < 4.78 is 25.7. The number of phenols is 1. The summed E-state index contributed by atoms with van der Waals surface area (Å²) in [4.78, 5) is 30.1. The molecule has 8 nitrogen and oxygen atoms in total. The summed E-state index contributed by atoms with van der Waals surface area (Å²) in [6.07, 6.45) is 0. The van der Waals surface area contributed by atoms with E-state index in [1.165, 1.54) is 20.8 Å². The molecule has 0 bridgehead atoms. The molecule has 41 heavy (non-hydrogen) atoms. The van der Waals surface area contributed by atoms with Gasteiger partial charge >= 0.3 is 0 Å². The Morgan fingerprint density at radius 1 is 0.805 bits per heavy atom. The standard InChI is InChI=1S/C32H33N3O5S/c1-32(2,3)41(39,40)33-30(37)22-11-13-24(14-12-22)34-17-19-35(20-18-34)31(38)29-16-15-26(23-7-6-8-25(36)21-23)27-9-4-5-10-28(27)29/h4-16,21,36H,17-20H2,1-3H3,(H,33,37). The van der Waals surface area contributed by atoms with Gasteiger partial charge in [0.05, 0.1) is 4.75 Å². The third-order valence-electron chi connectivity index (χ3n) is 7.41. The van der Waals surface area contributed by atoms with Gasteiger partial charge in [0.1, 0.15) is 5.75 Å². The molecule has 9 heteroatoms. The number of benzene rings is 4. The number of anilines is 1. The van der Waals surface area contributed by atoms with Crippen LogP contribution in [0.3, 0.4) is 0 Å². The summed E-state index contributed by atoms with van der Waals surface area (Å²) in [6.45, 7) is 6.91. The average Bonchev–Trinajstić information content (AvgIpc) is 2.95. The fraction of sp³-hybridized carbons (Fsp3) is 0.250. The van der Waals surface area contributed by atoms with Crippen molar-refractivity contribution in [1.29, 1.82) is 0 Å². The van der Waals surface area contributed by atoms with Crippen LogP contribution >= 0.6 is 0 Å². The highest BCUT2D eigenvalue weighted by atomic mass is 32.2. The van der Waals surface area contributed by atoms with Gasteiger partial charge in [-0.2, -0.15) is 0 Å². The molecule has 1 heterocycles. The Balaban J connectivity index is 1.28. The molecule has 0 radical (unpaired) electrons. The molecule has 0 aliphatic carbocycles. The fourth-order valence-corrected chi connectivity index (χ4v) is 5.57. The van der Waals surface area contributed by atoms with Gasteiger partial charge in [-0.15, -0.1) is 0 Å². The summed E-state index contributed by atoms with van der Waals surface area (Å²) in [5, 5.41) is 11.8. The van der Waals surface area contributed by atoms with E-state index in [2.05, 4.69) is 9.62 Å². The molecular formula is C32H33N3O5S. The van der Waals surface area contributed by atoms with Crippen LogP contribution in [0.15, 0.2) is 84.9 Å². The Hall–Kier alpha value is -4.37. The Labute approximate surface area is 240 Å². The lowest BCUT2D eigenvalue weighted by Crippen LogP contribution is -2.48. The van der Waals surface area contributed by atoms with Crippen LogP contribution in [0.5, 0.6) is 5.75 Å². The Bertz CT molecular complexity index is 1720. The molecule has 212 valence electrons. The second-order valence-corrected chi connectivity index (χ2v) is 13.6. The normalized spacial score (nSPS) is 14.2. The number of hydrogen-bond acceptors (Lipinski definition) is 6. The number of carbonyl (C=O) groups excluding carboxylic acids is 2. The highest BCUT2D eigenvalue weighted by Crippen LogP contribution is 2.33. The minimum absolute atomic E-state index is 0.0321. The summed E-state index contributed by atoms with van der Waals surface area (Å²) in [7, 11) is -3.80. The van der Waals surface area contributed by atoms with E-state index in [1.54, 1.807) is 42.5 Å². The lowest BCUT2D eigenvalue weighted by Gasteiger charge is -2.36. The van der Waals surface area contributed by atoms with Gasteiger partial charge in [0, 0.05) is 43.0 Å². The van der Waals surface area contributed by atoms with Crippen LogP contribution in [-0.2, 0) is 10.0 Å². The maximum Gasteiger partial charge on any atom is 0.264 e. The van der Waals surface area contributed by atoms with E-state index in [4.69, 9.17) is 0 Å². The molecule has 2 N–H and O–H groups in total. The van der Waals surface area contributed by atoms with Crippen LogP contribution in [0.2, 0.25) is 0 Å². The van der Waals surface area contributed by atoms with Gasteiger partial charge < -0.3 is 14.9 Å². The van der Waals surface area contributed by atoms with Crippen LogP contribution in [0.4, 0.5) is 5.69 Å². The first-order valence-corrected chi connectivity index (χ1v) is 14.9. The Kier molecular flexibility index (Phi) is 7.48. The molecule has 0 saturated carbocycles. The number of aromatic hydroxyl groups is 1. The van der Waals surface area contributed by atoms with E-state index in [-0.39, 0.29) is 17.2 Å². The highest BCUT2D eigenvalue weighted by molar-refractivity contribution is 7.91. The largest absolute Gasteiger partial charge is 0.508 e. The second kappa shape index (κ2) is 10.9. The van der Waals surface area contributed by atoms with Crippen LogP contribution in [0.1, 0.15) is 41.5 Å². The zero-order chi connectivity index (χ0) is 29.4. The number of rotatable bonds is 5. The van der Waals surface area contributed by atoms with E-state index in [9.17, 15) is 23.1 Å². The molecule has 0 atom stereocenters. The molecular weight excluding hydrogens is 538 g/mol. The molecule has 1 aliphatic heterocycles. The zero-order valence-electron chi connectivity index (χ0n) is 23.3. The lowest BCUT2D eigenvalue weighted by atomic mass is 9.94. The van der Waals surface area contributed by atoms with Gasteiger partial charge in [-0.1, -0.05) is 42.5 Å². The molecule has 1 fully saturated rings. The van der Waals surface area contributed by atoms with E-state index in [0.717, 1.165) is 27.6 Å². The van der Waals surface area contributed by atoms with Gasteiger partial charge in [-0.25, -0.2) is 13.1 Å². The monoisotopic (exact) mass is 571 g/mol. The SMILES string of the molecule is CC(C)(C)S(=O)(=O)NC(=O)c1ccc(N2CCN(C(=O)c3ccc(-c4cccc(O)c4)c4ccccc34)CC2)cc1. The van der Waals surface area contributed by atoms with Crippen molar-refractivity contribution in [2.45, 2.75) is 25.5 Å². The van der Waals surface area contributed by atoms with Crippen LogP contribution in [0.25, 0.3) is 21.9 Å². The number of amides is 2. The molecule has 5 rings (SSSR count). The smallest absolute Gasteiger partial charge is 0.264 e. The first-order valence-electron chi connectivity index (χ1n) is 13.5. The Morgan fingerprint density at radius 3 is 2.10 bits per heavy atom. The maximum absolute atomic E-state index is 13.6. The predicted octanol–water partition coefficient (Wildman–Crippen LogP) is 5.03. The average molecular weight is 572 g/mol. The van der Waals surface area contributed by atoms with Gasteiger partial charge in [-0.05, 0) is 85.1 Å². The number of piperazine rings is 1. The van der Waals surface area contributed by atoms with Crippen molar-refractivity contribution < 1.29 is 23.1 Å². The zero-order valence-corrected chi connectivity index (χ0v) is 24.1. The van der Waals surface area contributed by atoms with Crippen molar-refractivity contribution in [1.82, 2.24) is 9.62 Å². The third kappa shape index (κ3) is 5.76. The van der Waals surface area contributed by atoms with Crippen molar-refractivity contribution in [2.24, 2.45) is 0 Å². The van der Waals surface area contributed by atoms with E-state index in [0.29, 0.717) is 31.7 Å². The number of nitrogens with one attached hydrogen (secondary N) is 1. The topological polar surface area (TPSA) is 107 Å². The quantitative estimate of drug-likeness (QED) is 0.348. The third-order valence-corrected chi connectivity index (χ3v) is 9.47. The van der Waals surface area contributed by atoms with Gasteiger partial charge in [0.2, 0.25) is 10.0 Å². The fourth-order valence-electron chi connectivity index (χ4n) is 4.91. The molecule has 4 aromatic rings. The van der Waals surface area contributed by atoms with Crippen molar-refractivity contribution >= 4 is 38.3 Å². The lowest BCUT2D eigenvalue weighted by molar-refractivity contribution is 0.0748. The van der Waals surface area contributed by atoms with E-state index < -0.39 is 20.7 Å². The number of nitrogens with zero attached hydrogens (tertiary/aromatic N) is 2. The predicted molar refractivity (Wildman–Crippen MR) is 162 cm³/mol. The molecule has 1 saturated heterocycles. The first kappa shape index (κ1) is 28.2. The number of phenolic OH excluding ortho intramolecular Hbond substituents is 1. The van der Waals surface area contributed by atoms with Gasteiger partial charge in [0.25, 0.3) is 11.8 Å². The molecule has 0 spiro atoms. The minimum Gasteiger partial charge on any atom is -0.508 e. The summed E-state index contributed by atoms with van der Waals surface area (Å²) in [5.41, 5.74) is 3.63. The van der Waals surface area contributed by atoms with Crippen LogP contribution < -0.4 is 9.62 Å². The van der Waals surface area contributed by atoms with Crippen molar-refractivity contribution in [3.8, 4) is 16.9 Å². The van der Waals surface area contributed by atoms with E-state index >= 15 is 0 Å². The summed E-state index contributed by atoms with van der Waals surface area (Å²) in [6, 6.07) is 25.5. The Morgan fingerprint density at radius 2 is 1.46 bits per heavy atom. The minimum atomic E-state index is -3.80. The number of fused-ring (bicyclic) bond motifs is 1. The molecule has 2 amide bonds. The van der Waals surface area contributed by atoms with Gasteiger partial charge in [0.15, 0.2) is 0 Å². The number of sulfonamides is 1. The van der Waals surface area contributed by atoms with Crippen molar-refractivity contribution in [2.75, 3.05) is 31.1 Å². The van der Waals surface area contributed by atoms with Crippen molar-refractivity contribution in [3.05, 3.63) is 96.1 Å². The van der Waals surface area contributed by atoms with Crippen molar-refractivity contribution in [3.63, 3.8) is 0 Å². The summed E-state index contributed by atoms with van der Waals surface area (Å²) >= 11 is 0. The highest BCUT2D eigenvalue weighted by Gasteiger charge is 2.31. The summed E-state index contributed by atoms with van der Waals surface area (Å²) in [5.74, 6) is -0.504. The second-order valence-electron chi connectivity index (χ2n) is 11.1. The molecule has 1 aliphatic rings. The molecule has 4 aromatic carbocycles. The van der Waals surface area contributed by atoms with Gasteiger partial charge in [-0.3, -0.25) is 9.59 Å². The van der Waals surface area contributed by atoms with Crippen LogP contribution in [-0.4, -0.2) is 61.2 Å². The van der Waals surface area contributed by atoms with E-state index in [1.807, 2.05) is 47.4 Å². The first-order chi connectivity index (χ1) is 19.4. The molecule has 0 unspecified atom stereocenters. The molecule has 0 aromatic heterocycles. The van der Waals surface area contributed by atoms with Crippen LogP contribution in [0, 0.1) is 0 Å². The number of carbonyl (C=O) groups is 2.